The predicted octanol–water partition coefficient (Wildman–Crippen LogP) is -0.185. The van der Waals surface area contributed by atoms with Crippen LogP contribution in [-0.2, 0) is 11.3 Å². The highest BCUT2D eigenvalue weighted by Crippen LogP contribution is 1.98. The van der Waals surface area contributed by atoms with Gasteiger partial charge in [-0.05, 0) is 6.92 Å². The summed E-state index contributed by atoms with van der Waals surface area (Å²) < 4.78 is 4.80. The SMILES string of the molecule is COCC(O)CNCc1nc[nH]c1C. The van der Waals surface area contributed by atoms with Crippen molar-refractivity contribution < 1.29 is 9.84 Å². The molecule has 0 radical (unpaired) electrons. The molecule has 3 N–H and O–H groups in total. The van der Waals surface area contributed by atoms with Gasteiger partial charge in [0.25, 0.3) is 0 Å². The molecule has 0 saturated carbocycles. The Kier molecular flexibility index (Phi) is 4.58. The quantitative estimate of drug-likeness (QED) is 0.594. The topological polar surface area (TPSA) is 70.2 Å². The summed E-state index contributed by atoms with van der Waals surface area (Å²) in [6, 6.07) is 0. The van der Waals surface area contributed by atoms with Crippen LogP contribution >= 0.6 is 0 Å². The third-order valence-electron chi connectivity index (χ3n) is 1.97. The summed E-state index contributed by atoms with van der Waals surface area (Å²) in [6.07, 6.45) is 1.21. The molecule has 1 heterocycles. The van der Waals surface area contributed by atoms with Gasteiger partial charge in [0.05, 0.1) is 24.7 Å². The van der Waals surface area contributed by atoms with E-state index >= 15 is 0 Å². The van der Waals surface area contributed by atoms with Crippen molar-refractivity contribution in [1.82, 2.24) is 15.3 Å². The van der Waals surface area contributed by atoms with E-state index in [4.69, 9.17) is 4.74 Å². The molecule has 1 aromatic heterocycles. The minimum absolute atomic E-state index is 0.354. The van der Waals surface area contributed by atoms with E-state index in [0.29, 0.717) is 19.7 Å². The second-order valence-electron chi connectivity index (χ2n) is 3.21. The number of H-pyrrole nitrogens is 1. The Morgan fingerprint density at radius 2 is 2.50 bits per heavy atom. The lowest BCUT2D eigenvalue weighted by Crippen LogP contribution is -2.29. The Hall–Kier alpha value is -0.910. The molecule has 1 unspecified atom stereocenters. The Bertz CT molecular complexity index is 262. The lowest BCUT2D eigenvalue weighted by atomic mass is 10.3. The molecule has 5 heteroatoms. The Balaban J connectivity index is 2.19. The van der Waals surface area contributed by atoms with Crippen LogP contribution in [0.2, 0.25) is 0 Å². The molecule has 1 atom stereocenters. The first-order chi connectivity index (χ1) is 6.74. The summed E-state index contributed by atoms with van der Waals surface area (Å²) in [7, 11) is 1.57. The second-order valence-corrected chi connectivity index (χ2v) is 3.21. The highest BCUT2D eigenvalue weighted by atomic mass is 16.5. The molecule has 0 saturated heterocycles. The average molecular weight is 199 g/mol. The highest BCUT2D eigenvalue weighted by molar-refractivity contribution is 5.07. The van der Waals surface area contributed by atoms with E-state index in [0.717, 1.165) is 11.4 Å². The summed E-state index contributed by atoms with van der Waals surface area (Å²) in [5.41, 5.74) is 2.04. The fourth-order valence-electron chi connectivity index (χ4n) is 1.17. The number of ether oxygens (including phenoxy) is 1. The Morgan fingerprint density at radius 3 is 3.07 bits per heavy atom. The molecule has 0 spiro atoms. The van der Waals surface area contributed by atoms with E-state index in [1.807, 2.05) is 6.92 Å². The van der Waals surface area contributed by atoms with Gasteiger partial charge >= 0.3 is 0 Å². The molecule has 0 aliphatic heterocycles. The van der Waals surface area contributed by atoms with Gasteiger partial charge in [0, 0.05) is 25.9 Å². The number of hydrogen-bond acceptors (Lipinski definition) is 4. The molecule has 0 fully saturated rings. The summed E-state index contributed by atoms with van der Waals surface area (Å²) in [6.45, 7) is 3.50. The zero-order valence-corrected chi connectivity index (χ0v) is 8.58. The molecule has 1 aromatic rings. The van der Waals surface area contributed by atoms with Crippen molar-refractivity contribution in [3.05, 3.63) is 17.7 Å². The number of imidazole rings is 1. The normalized spacial score (nSPS) is 13.1. The third-order valence-corrected chi connectivity index (χ3v) is 1.97. The fraction of sp³-hybridized carbons (Fsp3) is 0.667. The van der Waals surface area contributed by atoms with Crippen molar-refractivity contribution >= 4 is 0 Å². The van der Waals surface area contributed by atoms with Crippen LogP contribution < -0.4 is 5.32 Å². The summed E-state index contributed by atoms with van der Waals surface area (Å²) in [5, 5.41) is 12.4. The molecule has 80 valence electrons. The van der Waals surface area contributed by atoms with Gasteiger partial charge in [-0.1, -0.05) is 0 Å². The molecule has 0 bridgehead atoms. The smallest absolute Gasteiger partial charge is 0.0925 e. The van der Waals surface area contributed by atoms with Crippen LogP contribution in [0, 0.1) is 6.92 Å². The number of nitrogens with zero attached hydrogens (tertiary/aromatic N) is 1. The molecule has 0 aliphatic rings. The molecule has 0 aliphatic carbocycles. The van der Waals surface area contributed by atoms with E-state index in [1.165, 1.54) is 0 Å². The lowest BCUT2D eigenvalue weighted by molar-refractivity contribution is 0.0643. The molecule has 5 nitrogen and oxygen atoms in total. The maximum Gasteiger partial charge on any atom is 0.0925 e. The van der Waals surface area contributed by atoms with Gasteiger partial charge < -0.3 is 20.1 Å². The maximum absolute atomic E-state index is 9.33. The summed E-state index contributed by atoms with van der Waals surface area (Å²) >= 11 is 0. The largest absolute Gasteiger partial charge is 0.389 e. The van der Waals surface area contributed by atoms with E-state index in [1.54, 1.807) is 13.4 Å². The number of aryl methyl sites for hydroxylation is 1. The number of aromatic nitrogens is 2. The Labute approximate surface area is 83.5 Å². The Morgan fingerprint density at radius 1 is 1.71 bits per heavy atom. The van der Waals surface area contributed by atoms with Crippen molar-refractivity contribution in [3.8, 4) is 0 Å². The number of rotatable bonds is 6. The number of hydrogen-bond donors (Lipinski definition) is 3. The first kappa shape index (κ1) is 11.2. The predicted molar refractivity (Wildman–Crippen MR) is 52.9 cm³/mol. The monoisotopic (exact) mass is 199 g/mol. The first-order valence-electron chi connectivity index (χ1n) is 4.60. The van der Waals surface area contributed by atoms with Gasteiger partial charge in [0.2, 0.25) is 0 Å². The van der Waals surface area contributed by atoms with Gasteiger partial charge in [-0.3, -0.25) is 0 Å². The number of methoxy groups -OCH3 is 1. The maximum atomic E-state index is 9.33. The van der Waals surface area contributed by atoms with E-state index in [2.05, 4.69) is 15.3 Å². The van der Waals surface area contributed by atoms with Gasteiger partial charge in [0.1, 0.15) is 0 Å². The van der Waals surface area contributed by atoms with Crippen LogP contribution in [0.5, 0.6) is 0 Å². The molecule has 1 rings (SSSR count). The van der Waals surface area contributed by atoms with Crippen molar-refractivity contribution in [2.24, 2.45) is 0 Å². The fourth-order valence-corrected chi connectivity index (χ4v) is 1.17. The van der Waals surface area contributed by atoms with Crippen LogP contribution in [-0.4, -0.2) is 41.4 Å². The van der Waals surface area contributed by atoms with Crippen LogP contribution in [0.4, 0.5) is 0 Å². The average Bonchev–Trinajstić information content (AvgIpc) is 2.52. The molecular weight excluding hydrogens is 182 g/mol. The van der Waals surface area contributed by atoms with Crippen LogP contribution in [0.1, 0.15) is 11.4 Å². The van der Waals surface area contributed by atoms with Gasteiger partial charge in [-0.15, -0.1) is 0 Å². The van der Waals surface area contributed by atoms with Gasteiger partial charge in [-0.25, -0.2) is 4.98 Å². The van der Waals surface area contributed by atoms with Crippen LogP contribution in [0.3, 0.4) is 0 Å². The first-order valence-corrected chi connectivity index (χ1v) is 4.60. The van der Waals surface area contributed by atoms with Gasteiger partial charge in [-0.2, -0.15) is 0 Å². The number of aliphatic hydroxyl groups excluding tert-OH is 1. The van der Waals surface area contributed by atoms with Crippen molar-refractivity contribution in [2.75, 3.05) is 20.3 Å². The minimum atomic E-state index is -0.459. The second kappa shape index (κ2) is 5.74. The van der Waals surface area contributed by atoms with Crippen LogP contribution in [0.15, 0.2) is 6.33 Å². The van der Waals surface area contributed by atoms with Crippen molar-refractivity contribution in [3.63, 3.8) is 0 Å². The van der Waals surface area contributed by atoms with Gasteiger partial charge in [0.15, 0.2) is 0 Å². The summed E-state index contributed by atoms with van der Waals surface area (Å²) in [4.78, 5) is 7.12. The van der Waals surface area contributed by atoms with E-state index in [9.17, 15) is 5.11 Å². The molecule has 0 amide bonds. The van der Waals surface area contributed by atoms with E-state index in [-0.39, 0.29) is 0 Å². The van der Waals surface area contributed by atoms with Crippen molar-refractivity contribution in [1.29, 1.82) is 0 Å². The van der Waals surface area contributed by atoms with E-state index < -0.39 is 6.10 Å². The minimum Gasteiger partial charge on any atom is -0.389 e. The molecule has 0 aromatic carbocycles. The molecular formula is C9H17N3O2. The summed E-state index contributed by atoms with van der Waals surface area (Å²) in [5.74, 6) is 0. The zero-order valence-electron chi connectivity index (χ0n) is 8.58. The third kappa shape index (κ3) is 3.45. The number of nitrogens with one attached hydrogen (secondary N) is 2. The van der Waals surface area contributed by atoms with Crippen LogP contribution in [0.25, 0.3) is 0 Å². The molecule has 14 heavy (non-hydrogen) atoms. The highest BCUT2D eigenvalue weighted by Gasteiger charge is 2.04. The zero-order chi connectivity index (χ0) is 10.4. The van der Waals surface area contributed by atoms with Crippen molar-refractivity contribution in [2.45, 2.75) is 19.6 Å². The lowest BCUT2D eigenvalue weighted by Gasteiger charge is -2.09. The number of aromatic amines is 1. The standard InChI is InChI=1S/C9H17N3O2/c1-7-9(12-6-11-7)4-10-3-8(13)5-14-2/h6,8,10,13H,3-5H2,1-2H3,(H,11,12). The number of aliphatic hydroxyl groups is 1.